The van der Waals surface area contributed by atoms with Gasteiger partial charge in [-0.3, -0.25) is 4.79 Å². The van der Waals surface area contributed by atoms with Gasteiger partial charge in [0.25, 0.3) is 0 Å². The number of morpholine rings is 1. The number of nitrogens with zero attached hydrogens (tertiary/aromatic N) is 1. The number of rotatable bonds is 7. The maximum Gasteiger partial charge on any atom is 0.240 e. The van der Waals surface area contributed by atoms with Crippen molar-refractivity contribution < 1.29 is 17.9 Å². The second-order valence-electron chi connectivity index (χ2n) is 6.92. The van der Waals surface area contributed by atoms with Crippen molar-refractivity contribution in [2.75, 3.05) is 26.3 Å². The van der Waals surface area contributed by atoms with Gasteiger partial charge < -0.3 is 9.64 Å². The fourth-order valence-corrected chi connectivity index (χ4v) is 4.36. The Labute approximate surface area is 150 Å². The van der Waals surface area contributed by atoms with E-state index in [0.717, 1.165) is 11.1 Å². The summed E-state index contributed by atoms with van der Waals surface area (Å²) in [4.78, 5) is 14.5. The topological polar surface area (TPSA) is 75.7 Å². The maximum absolute atomic E-state index is 12.8. The fraction of sp³-hybridized carbons (Fsp3) is 0.611. The Bertz CT molecular complexity index is 682. The van der Waals surface area contributed by atoms with E-state index < -0.39 is 16.1 Å². The summed E-state index contributed by atoms with van der Waals surface area (Å²) in [5, 5.41) is 0. The molecule has 0 unspecified atom stereocenters. The van der Waals surface area contributed by atoms with Crippen LogP contribution in [0.4, 0.5) is 0 Å². The first-order valence-corrected chi connectivity index (χ1v) is 10.3. The predicted molar refractivity (Wildman–Crippen MR) is 97.6 cm³/mol. The van der Waals surface area contributed by atoms with Crippen LogP contribution in [0.2, 0.25) is 0 Å². The third kappa shape index (κ3) is 6.09. The van der Waals surface area contributed by atoms with Gasteiger partial charge >= 0.3 is 0 Å². The van der Waals surface area contributed by atoms with E-state index in [1.165, 1.54) is 0 Å². The van der Waals surface area contributed by atoms with Crippen LogP contribution in [0.1, 0.15) is 31.4 Å². The van der Waals surface area contributed by atoms with Crippen molar-refractivity contribution in [1.29, 1.82) is 0 Å². The Morgan fingerprint density at radius 2 is 1.88 bits per heavy atom. The number of nitrogens with one attached hydrogen (secondary N) is 1. The summed E-state index contributed by atoms with van der Waals surface area (Å²) in [7, 11) is -3.61. The van der Waals surface area contributed by atoms with Gasteiger partial charge in [-0.15, -0.1) is 0 Å². The van der Waals surface area contributed by atoms with Crippen molar-refractivity contribution >= 4 is 15.9 Å². The van der Waals surface area contributed by atoms with Gasteiger partial charge in [0.15, 0.2) is 0 Å². The van der Waals surface area contributed by atoms with Crippen LogP contribution in [-0.4, -0.2) is 51.6 Å². The largest absolute Gasteiger partial charge is 0.378 e. The molecule has 0 bridgehead atoms. The molecule has 1 saturated heterocycles. The Balaban J connectivity index is 2.11. The first kappa shape index (κ1) is 19.9. The summed E-state index contributed by atoms with van der Waals surface area (Å²) < 4.78 is 33.2. The molecule has 1 atom stereocenters. The van der Waals surface area contributed by atoms with Crippen molar-refractivity contribution in [2.24, 2.45) is 5.92 Å². The molecule has 140 valence electrons. The van der Waals surface area contributed by atoms with E-state index >= 15 is 0 Å². The molecule has 1 fully saturated rings. The summed E-state index contributed by atoms with van der Waals surface area (Å²) >= 11 is 0. The average molecular weight is 368 g/mol. The van der Waals surface area contributed by atoms with Crippen molar-refractivity contribution in [3.8, 4) is 0 Å². The number of carbonyl (C=O) groups is 1. The monoisotopic (exact) mass is 368 g/mol. The summed E-state index contributed by atoms with van der Waals surface area (Å²) in [5.74, 6) is -0.0773. The van der Waals surface area contributed by atoms with E-state index in [0.29, 0.717) is 32.7 Å². The molecule has 0 spiro atoms. The molecule has 1 amide bonds. The highest BCUT2D eigenvalue weighted by Crippen LogP contribution is 2.14. The molecule has 0 radical (unpaired) electrons. The van der Waals surface area contributed by atoms with Crippen LogP contribution in [0.3, 0.4) is 0 Å². The third-order valence-corrected chi connectivity index (χ3v) is 5.59. The molecule has 1 aromatic carbocycles. The minimum Gasteiger partial charge on any atom is -0.378 e. The highest BCUT2D eigenvalue weighted by molar-refractivity contribution is 7.88. The summed E-state index contributed by atoms with van der Waals surface area (Å²) in [6.45, 7) is 7.85. The molecule has 1 N–H and O–H groups in total. The fourth-order valence-electron chi connectivity index (χ4n) is 2.91. The lowest BCUT2D eigenvalue weighted by molar-refractivity contribution is -0.137. The van der Waals surface area contributed by atoms with Crippen LogP contribution in [-0.2, 0) is 25.3 Å². The minimum absolute atomic E-state index is 0.120. The summed E-state index contributed by atoms with van der Waals surface area (Å²) in [6, 6.07) is 6.66. The molecular weight excluding hydrogens is 340 g/mol. The highest BCUT2D eigenvalue weighted by atomic mass is 32.2. The van der Waals surface area contributed by atoms with Crippen molar-refractivity contribution in [3.63, 3.8) is 0 Å². The molecule has 1 aliphatic rings. The Morgan fingerprint density at radius 3 is 2.48 bits per heavy atom. The molecular formula is C18H28N2O4S. The normalized spacial score (nSPS) is 16.9. The number of aryl methyl sites for hydroxylation is 1. The van der Waals surface area contributed by atoms with Gasteiger partial charge in [-0.25, -0.2) is 13.1 Å². The van der Waals surface area contributed by atoms with Gasteiger partial charge in [-0.2, -0.15) is 0 Å². The second-order valence-corrected chi connectivity index (χ2v) is 8.68. The summed E-state index contributed by atoms with van der Waals surface area (Å²) in [6.07, 6.45) is 0.475. The summed E-state index contributed by atoms with van der Waals surface area (Å²) in [5.41, 5.74) is 1.67. The number of hydrogen-bond acceptors (Lipinski definition) is 4. The van der Waals surface area contributed by atoms with E-state index in [1.807, 2.05) is 39.0 Å². The first-order valence-electron chi connectivity index (χ1n) is 8.69. The van der Waals surface area contributed by atoms with E-state index in [-0.39, 0.29) is 17.6 Å². The Kier molecular flexibility index (Phi) is 6.98. The van der Waals surface area contributed by atoms with E-state index in [9.17, 15) is 13.2 Å². The predicted octanol–water partition coefficient (Wildman–Crippen LogP) is 1.69. The van der Waals surface area contributed by atoms with E-state index in [1.54, 1.807) is 11.0 Å². The molecule has 0 aromatic heterocycles. The lowest BCUT2D eigenvalue weighted by Crippen LogP contribution is -2.52. The van der Waals surface area contributed by atoms with Gasteiger partial charge in [-0.05, 0) is 30.4 Å². The molecule has 25 heavy (non-hydrogen) atoms. The smallest absolute Gasteiger partial charge is 0.240 e. The van der Waals surface area contributed by atoms with Crippen LogP contribution in [0, 0.1) is 12.8 Å². The lowest BCUT2D eigenvalue weighted by atomic mass is 10.0. The maximum atomic E-state index is 12.8. The van der Waals surface area contributed by atoms with Crippen LogP contribution in [0.5, 0.6) is 0 Å². The zero-order valence-corrected chi connectivity index (χ0v) is 16.0. The standard InChI is InChI=1S/C18H28N2O4S/c1-14(2)12-17(18(21)20-8-10-24-11-9-20)19-25(22,23)13-16-7-5-4-6-15(16)3/h4-7,14,17,19H,8-13H2,1-3H3/t17-/m0/s1. The van der Waals surface area contributed by atoms with Crippen LogP contribution < -0.4 is 4.72 Å². The molecule has 2 rings (SSSR count). The van der Waals surface area contributed by atoms with Crippen molar-refractivity contribution in [2.45, 2.75) is 39.0 Å². The quantitative estimate of drug-likeness (QED) is 0.795. The highest BCUT2D eigenvalue weighted by Gasteiger charge is 2.30. The number of hydrogen-bond donors (Lipinski definition) is 1. The Hall–Kier alpha value is -1.44. The van der Waals surface area contributed by atoms with Crippen LogP contribution >= 0.6 is 0 Å². The zero-order valence-electron chi connectivity index (χ0n) is 15.2. The number of benzene rings is 1. The van der Waals surface area contributed by atoms with E-state index in [2.05, 4.69) is 4.72 Å². The SMILES string of the molecule is Cc1ccccc1CS(=O)(=O)N[C@@H](CC(C)C)C(=O)N1CCOCC1. The van der Waals surface area contributed by atoms with Crippen LogP contribution in [0.25, 0.3) is 0 Å². The lowest BCUT2D eigenvalue weighted by Gasteiger charge is -2.31. The van der Waals surface area contributed by atoms with Gasteiger partial charge in [0, 0.05) is 13.1 Å². The molecule has 1 aromatic rings. The van der Waals surface area contributed by atoms with Gasteiger partial charge in [0.05, 0.1) is 19.0 Å². The number of ether oxygens (including phenoxy) is 1. The average Bonchev–Trinajstić information content (AvgIpc) is 2.55. The molecule has 1 heterocycles. The van der Waals surface area contributed by atoms with Crippen molar-refractivity contribution in [3.05, 3.63) is 35.4 Å². The number of carbonyl (C=O) groups excluding carboxylic acids is 1. The zero-order chi connectivity index (χ0) is 18.4. The number of sulfonamides is 1. The Morgan fingerprint density at radius 1 is 1.24 bits per heavy atom. The van der Waals surface area contributed by atoms with Gasteiger partial charge in [0.1, 0.15) is 6.04 Å². The molecule has 1 aliphatic heterocycles. The van der Waals surface area contributed by atoms with Crippen LogP contribution in [0.15, 0.2) is 24.3 Å². The minimum atomic E-state index is -3.61. The van der Waals surface area contributed by atoms with Gasteiger partial charge in [-0.1, -0.05) is 38.1 Å². The second kappa shape index (κ2) is 8.78. The number of amides is 1. The first-order chi connectivity index (χ1) is 11.8. The van der Waals surface area contributed by atoms with E-state index in [4.69, 9.17) is 4.74 Å². The molecule has 0 saturated carbocycles. The van der Waals surface area contributed by atoms with Crippen molar-refractivity contribution in [1.82, 2.24) is 9.62 Å². The third-order valence-electron chi connectivity index (χ3n) is 4.26. The molecule has 7 heteroatoms. The van der Waals surface area contributed by atoms with Gasteiger partial charge in [0.2, 0.25) is 15.9 Å². The molecule has 0 aliphatic carbocycles. The molecule has 6 nitrogen and oxygen atoms in total.